The third-order valence-electron chi connectivity index (χ3n) is 1.14. The van der Waals surface area contributed by atoms with Crippen LogP contribution in [0.2, 0.25) is 0 Å². The van der Waals surface area contributed by atoms with Gasteiger partial charge in [-0.3, -0.25) is 0 Å². The van der Waals surface area contributed by atoms with Gasteiger partial charge in [-0.2, -0.15) is 9.97 Å². The highest BCUT2D eigenvalue weighted by Gasteiger charge is 2.07. The highest BCUT2D eigenvalue weighted by atomic mass is 79.9. The van der Waals surface area contributed by atoms with E-state index < -0.39 is 5.82 Å². The van der Waals surface area contributed by atoms with E-state index in [9.17, 15) is 4.39 Å². The molecular formula is C6H6BrFN2O. The van der Waals surface area contributed by atoms with Gasteiger partial charge >= 0.3 is 6.01 Å². The van der Waals surface area contributed by atoms with Crippen LogP contribution in [0.1, 0.15) is 5.69 Å². The first-order chi connectivity index (χ1) is 5.15. The zero-order valence-electron chi connectivity index (χ0n) is 6.06. The molecule has 0 aliphatic carbocycles. The average Bonchev–Trinajstić information content (AvgIpc) is 1.99. The van der Waals surface area contributed by atoms with E-state index in [1.54, 1.807) is 6.92 Å². The quantitative estimate of drug-likeness (QED) is 0.677. The highest BCUT2D eigenvalue weighted by Crippen LogP contribution is 2.17. The summed E-state index contributed by atoms with van der Waals surface area (Å²) in [6.07, 6.45) is 0. The molecule has 0 fully saturated rings. The Labute approximate surface area is 71.7 Å². The van der Waals surface area contributed by atoms with Gasteiger partial charge in [-0.05, 0) is 22.9 Å². The van der Waals surface area contributed by atoms with Crippen molar-refractivity contribution >= 4 is 15.9 Å². The topological polar surface area (TPSA) is 35.0 Å². The van der Waals surface area contributed by atoms with Crippen molar-refractivity contribution in [3.8, 4) is 6.01 Å². The van der Waals surface area contributed by atoms with Gasteiger partial charge in [0.05, 0.1) is 12.8 Å². The molecule has 1 heterocycles. The Morgan fingerprint density at radius 2 is 2.09 bits per heavy atom. The second-order valence-electron chi connectivity index (χ2n) is 1.90. The normalized spacial score (nSPS) is 9.82. The van der Waals surface area contributed by atoms with Crippen molar-refractivity contribution < 1.29 is 9.13 Å². The molecule has 0 atom stereocenters. The van der Waals surface area contributed by atoms with Crippen LogP contribution in [0.4, 0.5) is 4.39 Å². The number of methoxy groups -OCH3 is 1. The van der Waals surface area contributed by atoms with E-state index >= 15 is 0 Å². The molecule has 3 nitrogen and oxygen atoms in total. The number of hydrogen-bond donors (Lipinski definition) is 0. The third-order valence-corrected chi connectivity index (χ3v) is 1.66. The number of halogens is 2. The van der Waals surface area contributed by atoms with E-state index in [4.69, 9.17) is 4.74 Å². The second kappa shape index (κ2) is 3.13. The lowest BCUT2D eigenvalue weighted by atomic mass is 10.4. The Balaban J connectivity index is 3.21. The Morgan fingerprint density at radius 3 is 2.55 bits per heavy atom. The van der Waals surface area contributed by atoms with E-state index in [1.165, 1.54) is 7.11 Å². The van der Waals surface area contributed by atoms with Gasteiger partial charge in [-0.1, -0.05) is 0 Å². The van der Waals surface area contributed by atoms with E-state index in [2.05, 4.69) is 25.9 Å². The number of nitrogens with zero attached hydrogens (tertiary/aromatic N) is 2. The molecule has 11 heavy (non-hydrogen) atoms. The number of aromatic nitrogens is 2. The van der Waals surface area contributed by atoms with Crippen LogP contribution < -0.4 is 4.74 Å². The smallest absolute Gasteiger partial charge is 0.317 e. The molecule has 1 rings (SSSR count). The minimum absolute atomic E-state index is 0.127. The predicted octanol–water partition coefficient (Wildman–Crippen LogP) is 1.70. The summed E-state index contributed by atoms with van der Waals surface area (Å²) >= 11 is 2.93. The molecule has 0 unspecified atom stereocenters. The summed E-state index contributed by atoms with van der Waals surface area (Å²) in [5.41, 5.74) is 0.267. The number of rotatable bonds is 1. The van der Waals surface area contributed by atoms with Crippen molar-refractivity contribution in [3.05, 3.63) is 16.1 Å². The summed E-state index contributed by atoms with van der Waals surface area (Å²) in [6.45, 7) is 1.55. The third kappa shape index (κ3) is 1.65. The van der Waals surface area contributed by atoms with Crippen molar-refractivity contribution in [3.63, 3.8) is 0 Å². The van der Waals surface area contributed by atoms with E-state index in [0.717, 1.165) is 0 Å². The van der Waals surface area contributed by atoms with Crippen LogP contribution in [-0.4, -0.2) is 17.1 Å². The van der Waals surface area contributed by atoms with Gasteiger partial charge in [0.15, 0.2) is 5.82 Å². The fourth-order valence-electron chi connectivity index (χ4n) is 0.591. The molecule has 1 aromatic rings. The first-order valence-electron chi connectivity index (χ1n) is 2.88. The molecule has 0 amide bonds. The van der Waals surface area contributed by atoms with Gasteiger partial charge in [0.25, 0.3) is 0 Å². The maximum absolute atomic E-state index is 12.8. The Kier molecular flexibility index (Phi) is 2.38. The van der Waals surface area contributed by atoms with Crippen molar-refractivity contribution in [1.29, 1.82) is 0 Å². The number of aryl methyl sites for hydroxylation is 1. The molecule has 5 heteroatoms. The Morgan fingerprint density at radius 1 is 1.45 bits per heavy atom. The van der Waals surface area contributed by atoms with Gasteiger partial charge in [0, 0.05) is 0 Å². The summed E-state index contributed by atoms with van der Waals surface area (Å²) < 4.78 is 17.7. The summed E-state index contributed by atoms with van der Waals surface area (Å²) in [7, 11) is 1.43. The molecule has 1 aromatic heterocycles. The van der Waals surface area contributed by atoms with E-state index in [1.807, 2.05) is 0 Å². The van der Waals surface area contributed by atoms with Crippen LogP contribution >= 0.6 is 15.9 Å². The van der Waals surface area contributed by atoms with Crippen LogP contribution in [0, 0.1) is 12.7 Å². The largest absolute Gasteiger partial charge is 0.467 e. The minimum atomic E-state index is -0.453. The minimum Gasteiger partial charge on any atom is -0.467 e. The highest BCUT2D eigenvalue weighted by molar-refractivity contribution is 9.10. The molecule has 0 saturated carbocycles. The molecule has 0 radical (unpaired) electrons. The predicted molar refractivity (Wildman–Crippen MR) is 41.0 cm³/mol. The van der Waals surface area contributed by atoms with Crippen LogP contribution in [0.25, 0.3) is 0 Å². The number of ether oxygens (including phenoxy) is 1. The molecule has 0 aliphatic rings. The van der Waals surface area contributed by atoms with Gasteiger partial charge in [-0.15, -0.1) is 0 Å². The van der Waals surface area contributed by atoms with Crippen LogP contribution in [0.5, 0.6) is 6.01 Å². The maximum Gasteiger partial charge on any atom is 0.317 e. The SMILES string of the molecule is COc1nc(C)c(F)c(Br)n1. The first-order valence-corrected chi connectivity index (χ1v) is 3.68. The standard InChI is InChI=1S/C6H6BrFN2O/c1-3-4(8)5(7)10-6(9-3)11-2/h1-2H3. The van der Waals surface area contributed by atoms with Gasteiger partial charge in [-0.25, -0.2) is 4.39 Å². The average molecular weight is 221 g/mol. The summed E-state index contributed by atoms with van der Waals surface area (Å²) in [4.78, 5) is 7.37. The molecule has 60 valence electrons. The zero-order chi connectivity index (χ0) is 8.43. The molecule has 0 aliphatic heterocycles. The fourth-order valence-corrected chi connectivity index (χ4v) is 1.03. The van der Waals surface area contributed by atoms with E-state index in [0.29, 0.717) is 0 Å². The number of hydrogen-bond acceptors (Lipinski definition) is 3. The van der Waals surface area contributed by atoms with Gasteiger partial charge in [0.2, 0.25) is 0 Å². The van der Waals surface area contributed by atoms with Crippen LogP contribution in [0.3, 0.4) is 0 Å². The van der Waals surface area contributed by atoms with Crippen LogP contribution in [-0.2, 0) is 0 Å². The lowest BCUT2D eigenvalue weighted by Crippen LogP contribution is -1.98. The molecule has 0 N–H and O–H groups in total. The van der Waals surface area contributed by atoms with Crippen molar-refractivity contribution in [1.82, 2.24) is 9.97 Å². The fraction of sp³-hybridized carbons (Fsp3) is 0.333. The van der Waals surface area contributed by atoms with Crippen molar-refractivity contribution in [2.24, 2.45) is 0 Å². The maximum atomic E-state index is 12.8. The van der Waals surface area contributed by atoms with Crippen LogP contribution in [0.15, 0.2) is 4.60 Å². The molecule has 0 bridgehead atoms. The van der Waals surface area contributed by atoms with Gasteiger partial charge in [0.1, 0.15) is 4.60 Å². The summed E-state index contributed by atoms with van der Waals surface area (Å²) in [5, 5.41) is 0. The molecular weight excluding hydrogens is 215 g/mol. The summed E-state index contributed by atoms with van der Waals surface area (Å²) in [6, 6.07) is 0.163. The Bertz CT molecular complexity index is 256. The lowest BCUT2D eigenvalue weighted by molar-refractivity contribution is 0.373. The molecule has 0 saturated heterocycles. The molecule has 0 aromatic carbocycles. The lowest BCUT2D eigenvalue weighted by Gasteiger charge is -2.00. The first kappa shape index (κ1) is 8.39. The van der Waals surface area contributed by atoms with Crippen molar-refractivity contribution in [2.45, 2.75) is 6.92 Å². The van der Waals surface area contributed by atoms with Crippen molar-refractivity contribution in [2.75, 3.05) is 7.11 Å². The Hall–Kier alpha value is -0.710. The second-order valence-corrected chi connectivity index (χ2v) is 2.65. The molecule has 0 spiro atoms. The summed E-state index contributed by atoms with van der Waals surface area (Å²) in [5.74, 6) is -0.453. The van der Waals surface area contributed by atoms with Gasteiger partial charge < -0.3 is 4.74 Å². The zero-order valence-corrected chi connectivity index (χ0v) is 7.64. The monoisotopic (exact) mass is 220 g/mol. The van der Waals surface area contributed by atoms with E-state index in [-0.39, 0.29) is 16.3 Å².